The van der Waals surface area contributed by atoms with Crippen LogP contribution in [-0.4, -0.2) is 23.1 Å². The van der Waals surface area contributed by atoms with Crippen molar-refractivity contribution in [3.05, 3.63) is 15.1 Å². The molecule has 0 amide bonds. The van der Waals surface area contributed by atoms with Gasteiger partial charge < -0.3 is 10.1 Å². The second kappa shape index (κ2) is 6.65. The minimum atomic E-state index is 0.00456. The number of anilines is 1. The van der Waals surface area contributed by atoms with Crippen LogP contribution in [0.15, 0.2) is 0 Å². The quantitative estimate of drug-likeness (QED) is 0.816. The summed E-state index contributed by atoms with van der Waals surface area (Å²) in [4.78, 5) is 9.16. The maximum Gasteiger partial charge on any atom is 0.156 e. The van der Waals surface area contributed by atoms with Crippen molar-refractivity contribution in [1.29, 1.82) is 0 Å². The number of hydrogen-bond donors (Lipinski definition) is 1. The number of aromatic nitrogens is 2. The first-order valence-electron chi connectivity index (χ1n) is 6.28. The van der Waals surface area contributed by atoms with Crippen LogP contribution in [0.25, 0.3) is 0 Å². The fourth-order valence-electron chi connectivity index (χ4n) is 1.53. The molecule has 1 N–H and O–H groups in total. The van der Waals surface area contributed by atoms with Gasteiger partial charge in [0.2, 0.25) is 0 Å². The van der Waals surface area contributed by atoms with Crippen molar-refractivity contribution in [3.8, 4) is 0 Å². The highest BCUT2D eigenvalue weighted by Gasteiger charge is 2.22. The zero-order chi connectivity index (χ0) is 13.8. The van der Waals surface area contributed by atoms with Crippen LogP contribution in [0.1, 0.15) is 46.1 Å². The summed E-state index contributed by atoms with van der Waals surface area (Å²) in [5, 5.41) is 3.29. The molecule has 5 heteroatoms. The third-order valence-electron chi connectivity index (χ3n) is 2.39. The van der Waals surface area contributed by atoms with E-state index in [0.717, 1.165) is 27.5 Å². The summed E-state index contributed by atoms with van der Waals surface area (Å²) < 4.78 is 6.50. The molecule has 0 aliphatic carbocycles. The van der Waals surface area contributed by atoms with E-state index in [2.05, 4.69) is 65.6 Å². The van der Waals surface area contributed by atoms with Gasteiger partial charge in [-0.1, -0.05) is 20.8 Å². The molecule has 0 aromatic carbocycles. The molecular weight excluding hydrogens is 341 g/mol. The number of nitrogens with zero attached hydrogens (tertiary/aromatic N) is 2. The van der Waals surface area contributed by atoms with Gasteiger partial charge in [0.15, 0.2) is 5.82 Å². The fraction of sp³-hybridized carbons (Fsp3) is 0.692. The first kappa shape index (κ1) is 15.6. The second-order valence-corrected chi connectivity index (χ2v) is 6.15. The molecule has 18 heavy (non-hydrogen) atoms. The molecule has 0 bridgehead atoms. The number of halogens is 1. The highest BCUT2D eigenvalue weighted by atomic mass is 127. The molecule has 0 spiro atoms. The van der Waals surface area contributed by atoms with Gasteiger partial charge in [-0.25, -0.2) is 9.97 Å². The highest BCUT2D eigenvalue weighted by Crippen LogP contribution is 2.29. The summed E-state index contributed by atoms with van der Waals surface area (Å²) in [5.74, 6) is 1.66. The Balaban J connectivity index is 3.19. The average Bonchev–Trinajstić information content (AvgIpc) is 2.28. The lowest BCUT2D eigenvalue weighted by Crippen LogP contribution is -2.20. The van der Waals surface area contributed by atoms with E-state index < -0.39 is 0 Å². The van der Waals surface area contributed by atoms with E-state index in [1.807, 2.05) is 6.92 Å². The average molecular weight is 363 g/mol. The minimum absolute atomic E-state index is 0.00456. The maximum absolute atomic E-state index is 5.40. The Labute approximate surface area is 123 Å². The van der Waals surface area contributed by atoms with Crippen molar-refractivity contribution in [2.45, 2.75) is 46.6 Å². The SMILES string of the molecule is CCNc1nc(COCC)nc(C(C)(C)C)c1I. The zero-order valence-corrected chi connectivity index (χ0v) is 14.0. The Hall–Kier alpha value is -0.430. The van der Waals surface area contributed by atoms with Gasteiger partial charge in [0.05, 0.1) is 9.26 Å². The summed E-state index contributed by atoms with van der Waals surface area (Å²) in [6.45, 7) is 12.5. The highest BCUT2D eigenvalue weighted by molar-refractivity contribution is 14.1. The molecule has 1 aromatic heterocycles. The zero-order valence-electron chi connectivity index (χ0n) is 11.8. The second-order valence-electron chi connectivity index (χ2n) is 5.07. The van der Waals surface area contributed by atoms with E-state index >= 15 is 0 Å². The number of hydrogen-bond acceptors (Lipinski definition) is 4. The first-order valence-corrected chi connectivity index (χ1v) is 7.36. The molecule has 0 radical (unpaired) electrons. The molecule has 0 saturated heterocycles. The van der Waals surface area contributed by atoms with E-state index in [9.17, 15) is 0 Å². The van der Waals surface area contributed by atoms with Crippen LogP contribution < -0.4 is 5.32 Å². The molecule has 0 aliphatic rings. The molecule has 1 heterocycles. The van der Waals surface area contributed by atoms with Gasteiger partial charge in [0.25, 0.3) is 0 Å². The lowest BCUT2D eigenvalue weighted by molar-refractivity contribution is 0.128. The molecule has 1 rings (SSSR count). The van der Waals surface area contributed by atoms with E-state index in [-0.39, 0.29) is 5.41 Å². The van der Waals surface area contributed by atoms with Gasteiger partial charge in [-0.05, 0) is 36.4 Å². The van der Waals surface area contributed by atoms with E-state index in [1.54, 1.807) is 0 Å². The summed E-state index contributed by atoms with van der Waals surface area (Å²) in [6, 6.07) is 0. The normalized spacial score (nSPS) is 11.7. The standard InChI is InChI=1S/C13H22IN3O/c1-6-15-12-10(14)11(13(3,4)5)16-9(17-12)8-18-7-2/h6-8H2,1-5H3,(H,15,16,17). The first-order chi connectivity index (χ1) is 8.40. The van der Waals surface area contributed by atoms with Crippen LogP contribution in [-0.2, 0) is 16.8 Å². The van der Waals surface area contributed by atoms with Gasteiger partial charge >= 0.3 is 0 Å². The summed E-state index contributed by atoms with van der Waals surface area (Å²) >= 11 is 2.32. The van der Waals surface area contributed by atoms with Gasteiger partial charge in [-0.3, -0.25) is 0 Å². The fourth-order valence-corrected chi connectivity index (χ4v) is 2.77. The monoisotopic (exact) mass is 363 g/mol. The molecule has 102 valence electrons. The van der Waals surface area contributed by atoms with Crippen LogP contribution in [0, 0.1) is 3.57 Å². The van der Waals surface area contributed by atoms with Crippen LogP contribution in [0.3, 0.4) is 0 Å². The topological polar surface area (TPSA) is 47.0 Å². The van der Waals surface area contributed by atoms with Crippen LogP contribution in [0.4, 0.5) is 5.82 Å². The van der Waals surface area contributed by atoms with Crippen LogP contribution in [0.2, 0.25) is 0 Å². The molecule has 1 aromatic rings. The molecule has 0 saturated carbocycles. The smallest absolute Gasteiger partial charge is 0.156 e. The Bertz CT molecular complexity index is 402. The van der Waals surface area contributed by atoms with Crippen molar-refractivity contribution < 1.29 is 4.74 Å². The van der Waals surface area contributed by atoms with Crippen LogP contribution in [0.5, 0.6) is 0 Å². The predicted octanol–water partition coefficient (Wildman–Crippen LogP) is 3.35. The van der Waals surface area contributed by atoms with Gasteiger partial charge in [0, 0.05) is 18.6 Å². The number of ether oxygens (including phenoxy) is 1. The summed E-state index contributed by atoms with van der Waals surface area (Å²) in [7, 11) is 0. The van der Waals surface area contributed by atoms with Crippen LogP contribution >= 0.6 is 22.6 Å². The molecule has 0 aliphatic heterocycles. The third-order valence-corrected chi connectivity index (χ3v) is 3.41. The Kier molecular flexibility index (Phi) is 5.78. The predicted molar refractivity (Wildman–Crippen MR) is 82.9 cm³/mol. The molecule has 4 nitrogen and oxygen atoms in total. The summed E-state index contributed by atoms with van der Waals surface area (Å²) in [6.07, 6.45) is 0. The Morgan fingerprint density at radius 1 is 1.22 bits per heavy atom. The maximum atomic E-state index is 5.40. The van der Waals surface area contributed by atoms with Gasteiger partial charge in [-0.15, -0.1) is 0 Å². The number of nitrogens with one attached hydrogen (secondary N) is 1. The molecule has 0 unspecified atom stereocenters. The van der Waals surface area contributed by atoms with Crippen molar-refractivity contribution in [2.24, 2.45) is 0 Å². The molecule has 0 atom stereocenters. The Morgan fingerprint density at radius 3 is 2.39 bits per heavy atom. The number of rotatable bonds is 5. The van der Waals surface area contributed by atoms with Gasteiger partial charge in [-0.2, -0.15) is 0 Å². The van der Waals surface area contributed by atoms with E-state index in [4.69, 9.17) is 4.74 Å². The largest absolute Gasteiger partial charge is 0.374 e. The lowest BCUT2D eigenvalue weighted by atomic mass is 9.92. The van der Waals surface area contributed by atoms with Crippen molar-refractivity contribution in [3.63, 3.8) is 0 Å². The van der Waals surface area contributed by atoms with E-state index in [0.29, 0.717) is 13.2 Å². The molecule has 0 fully saturated rings. The Morgan fingerprint density at radius 2 is 1.89 bits per heavy atom. The summed E-state index contributed by atoms with van der Waals surface area (Å²) in [5.41, 5.74) is 1.08. The minimum Gasteiger partial charge on any atom is -0.374 e. The van der Waals surface area contributed by atoms with E-state index in [1.165, 1.54) is 0 Å². The van der Waals surface area contributed by atoms with Crippen molar-refractivity contribution >= 4 is 28.4 Å². The van der Waals surface area contributed by atoms with Crippen molar-refractivity contribution in [2.75, 3.05) is 18.5 Å². The third kappa shape index (κ3) is 4.05. The lowest BCUT2D eigenvalue weighted by Gasteiger charge is -2.22. The molecular formula is C13H22IN3O. The van der Waals surface area contributed by atoms with Crippen molar-refractivity contribution in [1.82, 2.24) is 9.97 Å². The van der Waals surface area contributed by atoms with Gasteiger partial charge in [0.1, 0.15) is 12.4 Å².